The van der Waals surface area contributed by atoms with Crippen molar-refractivity contribution < 1.29 is 4.74 Å². The van der Waals surface area contributed by atoms with Crippen LogP contribution in [0.2, 0.25) is 5.02 Å². The molecule has 0 saturated carbocycles. The van der Waals surface area contributed by atoms with Gasteiger partial charge in [-0.2, -0.15) is 5.26 Å². The Balaban J connectivity index is 2.21. The fourth-order valence-corrected chi connectivity index (χ4v) is 3.38. The van der Waals surface area contributed by atoms with Gasteiger partial charge in [-0.05, 0) is 37.6 Å². The molecule has 5 heteroatoms. The Morgan fingerprint density at radius 1 is 1.33 bits per heavy atom. The van der Waals surface area contributed by atoms with Crippen molar-refractivity contribution in [3.05, 3.63) is 51.8 Å². The number of halogens is 1. The predicted octanol–water partition coefficient (Wildman–Crippen LogP) is 4.52. The summed E-state index contributed by atoms with van der Waals surface area (Å²) in [4.78, 5) is 5.28. The Morgan fingerprint density at radius 2 is 2.10 bits per heavy atom. The normalized spacial score (nSPS) is 10.2. The Labute approximate surface area is 133 Å². The van der Waals surface area contributed by atoms with Gasteiger partial charge in [-0.3, -0.25) is 4.98 Å². The molecule has 0 saturated heterocycles. The summed E-state index contributed by atoms with van der Waals surface area (Å²) in [6, 6.07) is 9.89. The topological polar surface area (TPSA) is 45.9 Å². The van der Waals surface area contributed by atoms with Crippen LogP contribution in [-0.4, -0.2) is 12.1 Å². The first-order chi connectivity index (χ1) is 10.0. The molecule has 108 valence electrons. The Morgan fingerprint density at radius 3 is 2.71 bits per heavy atom. The third-order valence-electron chi connectivity index (χ3n) is 3.01. The van der Waals surface area contributed by atoms with Gasteiger partial charge in [0.1, 0.15) is 11.8 Å². The van der Waals surface area contributed by atoms with E-state index >= 15 is 0 Å². The average Bonchev–Trinajstić information content (AvgIpc) is 2.44. The van der Waals surface area contributed by atoms with E-state index in [4.69, 9.17) is 16.3 Å². The molecule has 0 spiro atoms. The molecule has 1 aromatic heterocycles. The van der Waals surface area contributed by atoms with E-state index in [1.807, 2.05) is 38.1 Å². The molecule has 0 fully saturated rings. The number of pyridine rings is 1. The van der Waals surface area contributed by atoms with Crippen molar-refractivity contribution in [2.24, 2.45) is 0 Å². The molecular weight excluding hydrogens is 304 g/mol. The average molecular weight is 319 g/mol. The SMILES string of the molecule is COc1ccc(CSc2cc(C)nc(C)c2C#N)cc1Cl. The number of rotatable bonds is 4. The second kappa shape index (κ2) is 6.84. The second-order valence-electron chi connectivity index (χ2n) is 4.59. The molecule has 21 heavy (non-hydrogen) atoms. The Hall–Kier alpha value is -1.70. The number of aromatic nitrogens is 1. The zero-order valence-corrected chi connectivity index (χ0v) is 13.7. The van der Waals surface area contributed by atoms with Crippen LogP contribution in [0.15, 0.2) is 29.2 Å². The fraction of sp³-hybridized carbons (Fsp3) is 0.250. The van der Waals surface area contributed by atoms with E-state index in [1.165, 1.54) is 0 Å². The van der Waals surface area contributed by atoms with Crippen molar-refractivity contribution in [2.45, 2.75) is 24.5 Å². The molecule has 0 aliphatic rings. The van der Waals surface area contributed by atoms with E-state index in [9.17, 15) is 5.26 Å². The molecular formula is C16H15ClN2OS. The number of aryl methyl sites for hydroxylation is 2. The minimum Gasteiger partial charge on any atom is -0.495 e. The Kier molecular flexibility index (Phi) is 5.11. The van der Waals surface area contributed by atoms with Crippen molar-refractivity contribution in [3.8, 4) is 11.8 Å². The summed E-state index contributed by atoms with van der Waals surface area (Å²) < 4.78 is 5.14. The monoisotopic (exact) mass is 318 g/mol. The maximum absolute atomic E-state index is 9.26. The summed E-state index contributed by atoms with van der Waals surface area (Å²) in [5, 5.41) is 9.85. The molecule has 0 aliphatic carbocycles. The van der Waals surface area contributed by atoms with E-state index in [1.54, 1.807) is 18.9 Å². The third kappa shape index (κ3) is 3.69. The third-order valence-corrected chi connectivity index (χ3v) is 4.42. The van der Waals surface area contributed by atoms with E-state index in [2.05, 4.69) is 11.1 Å². The highest BCUT2D eigenvalue weighted by atomic mass is 35.5. The van der Waals surface area contributed by atoms with Crippen LogP contribution in [0.1, 0.15) is 22.5 Å². The lowest BCUT2D eigenvalue weighted by atomic mass is 10.2. The maximum Gasteiger partial charge on any atom is 0.137 e. The molecule has 0 atom stereocenters. The van der Waals surface area contributed by atoms with Crippen molar-refractivity contribution in [2.75, 3.05) is 7.11 Å². The molecule has 1 heterocycles. The molecule has 1 aromatic carbocycles. The predicted molar refractivity (Wildman–Crippen MR) is 86.0 cm³/mol. The quantitative estimate of drug-likeness (QED) is 0.777. The number of methoxy groups -OCH3 is 1. The zero-order chi connectivity index (χ0) is 15.4. The highest BCUT2D eigenvalue weighted by molar-refractivity contribution is 7.98. The van der Waals surface area contributed by atoms with E-state index in [0.717, 1.165) is 27.6 Å². The molecule has 0 unspecified atom stereocenters. The van der Waals surface area contributed by atoms with Crippen LogP contribution >= 0.6 is 23.4 Å². The van der Waals surface area contributed by atoms with Crippen molar-refractivity contribution in [3.63, 3.8) is 0 Å². The lowest BCUT2D eigenvalue weighted by Crippen LogP contribution is -1.94. The summed E-state index contributed by atoms with van der Waals surface area (Å²) in [6.07, 6.45) is 0. The van der Waals surface area contributed by atoms with Gasteiger partial charge >= 0.3 is 0 Å². The van der Waals surface area contributed by atoms with Crippen LogP contribution in [0.4, 0.5) is 0 Å². The van der Waals surface area contributed by atoms with Gasteiger partial charge < -0.3 is 4.74 Å². The van der Waals surface area contributed by atoms with E-state index < -0.39 is 0 Å². The number of ether oxygens (including phenoxy) is 1. The summed E-state index contributed by atoms with van der Waals surface area (Å²) in [6.45, 7) is 3.79. The molecule has 0 radical (unpaired) electrons. The summed E-state index contributed by atoms with van der Waals surface area (Å²) >= 11 is 7.74. The van der Waals surface area contributed by atoms with Crippen molar-refractivity contribution in [1.29, 1.82) is 5.26 Å². The molecule has 2 aromatic rings. The number of benzene rings is 1. The molecule has 0 N–H and O–H groups in total. The van der Waals surface area contributed by atoms with Gasteiger partial charge in [-0.15, -0.1) is 11.8 Å². The van der Waals surface area contributed by atoms with Crippen molar-refractivity contribution in [1.82, 2.24) is 4.98 Å². The minimum atomic E-state index is 0.596. The number of hydrogen-bond acceptors (Lipinski definition) is 4. The first-order valence-electron chi connectivity index (χ1n) is 6.38. The largest absolute Gasteiger partial charge is 0.495 e. The number of thioether (sulfide) groups is 1. The molecule has 0 aliphatic heterocycles. The van der Waals surface area contributed by atoms with Gasteiger partial charge in [0.05, 0.1) is 23.4 Å². The van der Waals surface area contributed by atoms with Crippen LogP contribution in [0, 0.1) is 25.2 Å². The molecule has 3 nitrogen and oxygen atoms in total. The van der Waals surface area contributed by atoms with Crippen LogP contribution in [0.3, 0.4) is 0 Å². The van der Waals surface area contributed by atoms with Gasteiger partial charge in [0.15, 0.2) is 0 Å². The molecule has 0 amide bonds. The second-order valence-corrected chi connectivity index (χ2v) is 6.02. The maximum atomic E-state index is 9.26. The number of nitriles is 1. The number of nitrogens with zero attached hydrogens (tertiary/aromatic N) is 2. The van der Waals surface area contributed by atoms with Gasteiger partial charge in [0, 0.05) is 16.3 Å². The summed E-state index contributed by atoms with van der Waals surface area (Å²) in [5.41, 5.74) is 3.42. The zero-order valence-electron chi connectivity index (χ0n) is 12.1. The highest BCUT2D eigenvalue weighted by Crippen LogP contribution is 2.31. The van der Waals surface area contributed by atoms with Crippen LogP contribution in [-0.2, 0) is 5.75 Å². The van der Waals surface area contributed by atoms with Crippen LogP contribution in [0.5, 0.6) is 5.75 Å². The van der Waals surface area contributed by atoms with Gasteiger partial charge in [-0.1, -0.05) is 17.7 Å². The first-order valence-corrected chi connectivity index (χ1v) is 7.75. The molecule has 2 rings (SSSR count). The minimum absolute atomic E-state index is 0.596. The first kappa shape index (κ1) is 15.7. The van der Waals surface area contributed by atoms with Gasteiger partial charge in [0.2, 0.25) is 0 Å². The number of hydrogen-bond donors (Lipinski definition) is 0. The highest BCUT2D eigenvalue weighted by Gasteiger charge is 2.09. The van der Waals surface area contributed by atoms with Crippen LogP contribution in [0.25, 0.3) is 0 Å². The van der Waals surface area contributed by atoms with Crippen LogP contribution < -0.4 is 4.74 Å². The van der Waals surface area contributed by atoms with E-state index in [0.29, 0.717) is 16.3 Å². The van der Waals surface area contributed by atoms with Crippen molar-refractivity contribution >= 4 is 23.4 Å². The summed E-state index contributed by atoms with van der Waals surface area (Å²) in [5.74, 6) is 1.40. The standard InChI is InChI=1S/C16H15ClN2OS/c1-10-6-16(13(8-18)11(2)19-10)21-9-12-4-5-15(20-3)14(17)7-12/h4-7H,9H2,1-3H3. The Bertz CT molecular complexity index is 710. The lowest BCUT2D eigenvalue weighted by molar-refractivity contribution is 0.415. The van der Waals surface area contributed by atoms with Gasteiger partial charge in [0.25, 0.3) is 0 Å². The van der Waals surface area contributed by atoms with Gasteiger partial charge in [-0.25, -0.2) is 0 Å². The lowest BCUT2D eigenvalue weighted by Gasteiger charge is -2.09. The summed E-state index contributed by atoms with van der Waals surface area (Å²) in [7, 11) is 1.59. The fourth-order valence-electron chi connectivity index (χ4n) is 2.00. The van der Waals surface area contributed by atoms with E-state index in [-0.39, 0.29) is 0 Å². The smallest absolute Gasteiger partial charge is 0.137 e. The molecule has 0 bridgehead atoms.